The van der Waals surface area contributed by atoms with E-state index in [0.29, 0.717) is 11.3 Å². The van der Waals surface area contributed by atoms with Crippen LogP contribution in [-0.4, -0.2) is 23.8 Å². The fourth-order valence-electron chi connectivity index (χ4n) is 2.83. The van der Waals surface area contributed by atoms with Crippen LogP contribution in [0.4, 0.5) is 17.3 Å². The fraction of sp³-hybridized carbons (Fsp3) is 0.0526. The highest BCUT2D eigenvalue weighted by molar-refractivity contribution is 7.99. The van der Waals surface area contributed by atoms with E-state index in [0.717, 1.165) is 21.5 Å². The summed E-state index contributed by atoms with van der Waals surface area (Å²) in [5.41, 5.74) is 1.81. The summed E-state index contributed by atoms with van der Waals surface area (Å²) in [4.78, 5) is 38.1. The van der Waals surface area contributed by atoms with E-state index in [4.69, 9.17) is 4.42 Å². The zero-order valence-corrected chi connectivity index (χ0v) is 15.4. The third-order valence-electron chi connectivity index (χ3n) is 4.22. The second-order valence-electron chi connectivity index (χ2n) is 5.99. The van der Waals surface area contributed by atoms with Crippen molar-refractivity contribution >= 4 is 40.8 Å². The summed E-state index contributed by atoms with van der Waals surface area (Å²) in [5.74, 6) is -1.37. The van der Waals surface area contributed by atoms with Crippen LogP contribution in [0, 0.1) is 10.1 Å². The fourth-order valence-corrected chi connectivity index (χ4v) is 3.98. The summed E-state index contributed by atoms with van der Waals surface area (Å²) < 4.78 is 4.92. The Kier molecular flexibility index (Phi) is 4.36. The van der Waals surface area contributed by atoms with Gasteiger partial charge in [0, 0.05) is 22.5 Å². The van der Waals surface area contributed by atoms with Crippen LogP contribution in [0.5, 0.6) is 0 Å². The second kappa shape index (κ2) is 6.86. The van der Waals surface area contributed by atoms with E-state index < -0.39 is 16.7 Å². The number of amides is 2. The minimum Gasteiger partial charge on any atom is -0.395 e. The first kappa shape index (κ1) is 17.8. The van der Waals surface area contributed by atoms with Crippen molar-refractivity contribution in [3.05, 3.63) is 76.0 Å². The molecule has 8 nitrogen and oxygen atoms in total. The number of nitrogens with zero attached hydrogens (tertiary/aromatic N) is 2. The van der Waals surface area contributed by atoms with Crippen LogP contribution >= 0.6 is 11.8 Å². The molecule has 0 fully saturated rings. The molecule has 0 atom stereocenters. The second-order valence-corrected chi connectivity index (χ2v) is 7.08. The van der Waals surface area contributed by atoms with Gasteiger partial charge in [-0.3, -0.25) is 19.7 Å². The van der Waals surface area contributed by atoms with Crippen LogP contribution in [0.15, 0.2) is 68.8 Å². The van der Waals surface area contributed by atoms with E-state index in [1.54, 1.807) is 36.2 Å². The molecule has 1 aromatic heterocycles. The highest BCUT2D eigenvalue weighted by Crippen LogP contribution is 2.42. The first-order valence-corrected chi connectivity index (χ1v) is 9.00. The van der Waals surface area contributed by atoms with E-state index in [1.165, 1.54) is 17.8 Å². The molecule has 0 saturated heterocycles. The first-order chi connectivity index (χ1) is 13.4. The highest BCUT2D eigenvalue weighted by atomic mass is 32.2. The van der Waals surface area contributed by atoms with Crippen LogP contribution in [0.2, 0.25) is 0 Å². The Balaban J connectivity index is 1.64. The van der Waals surface area contributed by atoms with Gasteiger partial charge in [0.15, 0.2) is 5.76 Å². The van der Waals surface area contributed by atoms with E-state index in [-0.39, 0.29) is 11.7 Å². The molecule has 0 bridgehead atoms. The Labute approximate surface area is 163 Å². The predicted octanol–water partition coefficient (Wildman–Crippen LogP) is 4.18. The quantitative estimate of drug-likeness (QED) is 0.527. The molecule has 2 aromatic carbocycles. The number of hydrogen-bond acceptors (Lipinski definition) is 6. The maximum atomic E-state index is 12.7. The van der Waals surface area contributed by atoms with Gasteiger partial charge in [0.2, 0.25) is 0 Å². The molecule has 28 heavy (non-hydrogen) atoms. The molecule has 1 N–H and O–H groups in total. The number of rotatable bonds is 3. The summed E-state index contributed by atoms with van der Waals surface area (Å²) in [6.45, 7) is 0. The SMILES string of the molecule is CN1C(=O)c2ccccc2Sc2cc(NC(=O)c3ccc([N+](=O)[O-])o3)ccc21. The van der Waals surface area contributed by atoms with Crippen molar-refractivity contribution in [3.8, 4) is 0 Å². The zero-order valence-electron chi connectivity index (χ0n) is 14.5. The molecule has 0 spiro atoms. The van der Waals surface area contributed by atoms with Crippen LogP contribution in [-0.2, 0) is 0 Å². The number of nitrogens with one attached hydrogen (secondary N) is 1. The molecule has 1 aliphatic heterocycles. The summed E-state index contributed by atoms with van der Waals surface area (Å²) in [6, 6.07) is 14.8. The maximum absolute atomic E-state index is 12.7. The lowest BCUT2D eigenvalue weighted by Crippen LogP contribution is -2.26. The van der Waals surface area contributed by atoms with Crippen molar-refractivity contribution in [2.24, 2.45) is 0 Å². The van der Waals surface area contributed by atoms with Crippen molar-refractivity contribution in [2.75, 3.05) is 17.3 Å². The van der Waals surface area contributed by atoms with Crippen LogP contribution < -0.4 is 10.2 Å². The minimum absolute atomic E-state index is 0.110. The number of anilines is 2. The summed E-state index contributed by atoms with van der Waals surface area (Å²) in [6.07, 6.45) is 0. The van der Waals surface area contributed by atoms with Gasteiger partial charge >= 0.3 is 5.88 Å². The molecule has 0 saturated carbocycles. The maximum Gasteiger partial charge on any atom is 0.433 e. The number of carbonyl (C=O) groups is 2. The molecular formula is C19H13N3O5S. The van der Waals surface area contributed by atoms with Crippen molar-refractivity contribution in [2.45, 2.75) is 9.79 Å². The van der Waals surface area contributed by atoms with Gasteiger partial charge in [0.1, 0.15) is 4.92 Å². The average Bonchev–Trinajstić information content (AvgIpc) is 3.15. The zero-order chi connectivity index (χ0) is 19.8. The van der Waals surface area contributed by atoms with E-state index in [1.807, 2.05) is 18.2 Å². The molecule has 1 aliphatic rings. The standard InChI is InChI=1S/C19H13N3O5S/c1-21-13-7-6-11(20-18(23)14-8-9-17(27-14)22(25)26)10-16(13)28-15-5-3-2-4-12(15)19(21)24/h2-10H,1H3,(H,20,23). The van der Waals surface area contributed by atoms with Crippen LogP contribution in [0.1, 0.15) is 20.9 Å². The normalized spacial score (nSPS) is 12.8. The summed E-state index contributed by atoms with van der Waals surface area (Å²) >= 11 is 1.43. The largest absolute Gasteiger partial charge is 0.433 e. The Bertz CT molecular complexity index is 1120. The van der Waals surface area contributed by atoms with Crippen LogP contribution in [0.3, 0.4) is 0 Å². The lowest BCUT2D eigenvalue weighted by molar-refractivity contribution is -0.402. The molecule has 9 heteroatoms. The lowest BCUT2D eigenvalue weighted by atomic mass is 10.2. The number of benzene rings is 2. The van der Waals surface area contributed by atoms with E-state index in [2.05, 4.69) is 5.32 Å². The number of hydrogen-bond donors (Lipinski definition) is 1. The van der Waals surface area contributed by atoms with Gasteiger partial charge < -0.3 is 14.6 Å². The molecule has 2 heterocycles. The lowest BCUT2D eigenvalue weighted by Gasteiger charge is -2.18. The van der Waals surface area contributed by atoms with Gasteiger partial charge in [-0.2, -0.15) is 0 Å². The Hall–Kier alpha value is -3.59. The molecule has 3 aromatic rings. The minimum atomic E-state index is -0.708. The van der Waals surface area contributed by atoms with E-state index in [9.17, 15) is 19.7 Å². The van der Waals surface area contributed by atoms with Crippen molar-refractivity contribution < 1.29 is 18.9 Å². The topological polar surface area (TPSA) is 106 Å². The van der Waals surface area contributed by atoms with Crippen LogP contribution in [0.25, 0.3) is 0 Å². The molecular weight excluding hydrogens is 382 g/mol. The van der Waals surface area contributed by atoms with Gasteiger partial charge in [-0.1, -0.05) is 23.9 Å². The van der Waals surface area contributed by atoms with Crippen molar-refractivity contribution in [1.82, 2.24) is 0 Å². The first-order valence-electron chi connectivity index (χ1n) is 8.18. The third kappa shape index (κ3) is 3.12. The van der Waals surface area contributed by atoms with Gasteiger partial charge in [0.05, 0.1) is 17.3 Å². The number of nitro groups is 1. The van der Waals surface area contributed by atoms with E-state index >= 15 is 0 Å². The van der Waals surface area contributed by atoms with Crippen molar-refractivity contribution in [1.29, 1.82) is 0 Å². The third-order valence-corrected chi connectivity index (χ3v) is 5.34. The molecule has 0 unspecified atom stereocenters. The molecule has 0 aliphatic carbocycles. The molecule has 4 rings (SSSR count). The number of fused-ring (bicyclic) bond motifs is 2. The Morgan fingerprint density at radius 2 is 1.93 bits per heavy atom. The van der Waals surface area contributed by atoms with Gasteiger partial charge in [-0.15, -0.1) is 0 Å². The Morgan fingerprint density at radius 1 is 1.14 bits per heavy atom. The summed E-state index contributed by atoms with van der Waals surface area (Å²) in [5, 5.41) is 13.4. The van der Waals surface area contributed by atoms with Gasteiger partial charge in [0.25, 0.3) is 11.8 Å². The smallest absolute Gasteiger partial charge is 0.395 e. The highest BCUT2D eigenvalue weighted by Gasteiger charge is 2.25. The van der Waals surface area contributed by atoms with Crippen molar-refractivity contribution in [3.63, 3.8) is 0 Å². The predicted molar refractivity (Wildman–Crippen MR) is 103 cm³/mol. The molecule has 2 amide bonds. The number of furan rings is 1. The monoisotopic (exact) mass is 395 g/mol. The molecule has 0 radical (unpaired) electrons. The average molecular weight is 395 g/mol. The van der Waals surface area contributed by atoms with Gasteiger partial charge in [-0.05, 0) is 36.4 Å². The molecule has 140 valence electrons. The number of carbonyl (C=O) groups excluding carboxylic acids is 2. The summed E-state index contributed by atoms with van der Waals surface area (Å²) in [7, 11) is 1.70. The Morgan fingerprint density at radius 3 is 2.68 bits per heavy atom. The van der Waals surface area contributed by atoms with Gasteiger partial charge in [-0.25, -0.2) is 0 Å².